The zero-order valence-electron chi connectivity index (χ0n) is 16.2. The number of amides is 1. The SMILES string of the molecule is C=CCNS(=O)(=O)Cc1ccc(NC(=O)C2(c3cccc(Cl)c3)CCCC2)cc1. The largest absolute Gasteiger partial charge is 0.325 e. The van der Waals surface area contributed by atoms with Gasteiger partial charge in [0.1, 0.15) is 0 Å². The van der Waals surface area contributed by atoms with Crippen molar-refractivity contribution >= 4 is 33.2 Å². The highest BCUT2D eigenvalue weighted by atomic mass is 35.5. The molecule has 0 radical (unpaired) electrons. The Bertz CT molecular complexity index is 981. The van der Waals surface area contributed by atoms with Crippen LogP contribution in [0, 0.1) is 0 Å². The van der Waals surface area contributed by atoms with Gasteiger partial charge in [-0.3, -0.25) is 4.79 Å². The molecule has 0 bridgehead atoms. The van der Waals surface area contributed by atoms with Gasteiger partial charge in [0.15, 0.2) is 0 Å². The van der Waals surface area contributed by atoms with Crippen LogP contribution in [0.2, 0.25) is 5.02 Å². The highest BCUT2D eigenvalue weighted by Crippen LogP contribution is 2.42. The van der Waals surface area contributed by atoms with Crippen LogP contribution >= 0.6 is 11.6 Å². The second-order valence-corrected chi connectivity index (χ2v) is 9.59. The summed E-state index contributed by atoms with van der Waals surface area (Å²) in [4.78, 5) is 13.2. The van der Waals surface area contributed by atoms with Crippen molar-refractivity contribution in [2.75, 3.05) is 11.9 Å². The van der Waals surface area contributed by atoms with Crippen LogP contribution in [-0.4, -0.2) is 20.9 Å². The Morgan fingerprint density at radius 1 is 1.14 bits per heavy atom. The van der Waals surface area contributed by atoms with Crippen molar-refractivity contribution in [1.82, 2.24) is 4.72 Å². The summed E-state index contributed by atoms with van der Waals surface area (Å²) in [6.07, 6.45) is 5.05. The highest BCUT2D eigenvalue weighted by Gasteiger charge is 2.42. The van der Waals surface area contributed by atoms with Crippen molar-refractivity contribution in [1.29, 1.82) is 0 Å². The molecule has 1 aliphatic carbocycles. The molecular weight excluding hydrogens is 408 g/mol. The minimum absolute atomic E-state index is 0.0507. The van der Waals surface area contributed by atoms with E-state index < -0.39 is 15.4 Å². The van der Waals surface area contributed by atoms with Crippen molar-refractivity contribution in [3.05, 3.63) is 77.3 Å². The number of anilines is 1. The van der Waals surface area contributed by atoms with Crippen molar-refractivity contribution < 1.29 is 13.2 Å². The van der Waals surface area contributed by atoms with Gasteiger partial charge in [-0.15, -0.1) is 6.58 Å². The first-order chi connectivity index (χ1) is 13.8. The molecule has 2 N–H and O–H groups in total. The van der Waals surface area contributed by atoms with E-state index in [1.807, 2.05) is 24.3 Å². The molecule has 0 saturated heterocycles. The van der Waals surface area contributed by atoms with Crippen LogP contribution < -0.4 is 10.0 Å². The lowest BCUT2D eigenvalue weighted by molar-refractivity contribution is -0.121. The van der Waals surface area contributed by atoms with Gasteiger partial charge in [-0.25, -0.2) is 13.1 Å². The molecule has 3 rings (SSSR count). The van der Waals surface area contributed by atoms with Gasteiger partial charge in [-0.1, -0.05) is 54.8 Å². The summed E-state index contributed by atoms with van der Waals surface area (Å²) >= 11 is 6.16. The van der Waals surface area contributed by atoms with Crippen molar-refractivity contribution in [2.24, 2.45) is 0 Å². The molecular formula is C22H25ClN2O3S. The molecule has 5 nitrogen and oxygen atoms in total. The van der Waals surface area contributed by atoms with E-state index in [9.17, 15) is 13.2 Å². The first kappa shape index (κ1) is 21.6. The molecule has 1 saturated carbocycles. The maximum atomic E-state index is 13.2. The zero-order chi connectivity index (χ0) is 20.9. The molecule has 1 amide bonds. The molecule has 7 heteroatoms. The Kier molecular flexibility index (Phi) is 6.77. The molecule has 0 aliphatic heterocycles. The van der Waals surface area contributed by atoms with Gasteiger partial charge in [-0.2, -0.15) is 0 Å². The third-order valence-corrected chi connectivity index (χ3v) is 6.84. The van der Waals surface area contributed by atoms with Crippen molar-refractivity contribution in [2.45, 2.75) is 36.9 Å². The van der Waals surface area contributed by atoms with Crippen LogP contribution in [0.1, 0.15) is 36.8 Å². The number of halogens is 1. The number of hydrogen-bond donors (Lipinski definition) is 2. The lowest BCUT2D eigenvalue weighted by atomic mass is 9.78. The summed E-state index contributed by atoms with van der Waals surface area (Å²) in [5, 5.41) is 3.63. The number of rotatable bonds is 8. The lowest BCUT2D eigenvalue weighted by Crippen LogP contribution is -2.38. The maximum absolute atomic E-state index is 13.2. The van der Waals surface area contributed by atoms with Gasteiger partial charge in [0.2, 0.25) is 15.9 Å². The number of sulfonamides is 1. The number of carbonyl (C=O) groups is 1. The predicted molar refractivity (Wildman–Crippen MR) is 117 cm³/mol. The van der Waals surface area contributed by atoms with Gasteiger partial charge >= 0.3 is 0 Å². The molecule has 0 spiro atoms. The molecule has 2 aromatic rings. The third kappa shape index (κ3) is 5.26. The number of hydrogen-bond acceptors (Lipinski definition) is 3. The molecule has 0 heterocycles. The predicted octanol–water partition coefficient (Wildman–Crippen LogP) is 4.40. The number of benzene rings is 2. The summed E-state index contributed by atoms with van der Waals surface area (Å²) in [5.74, 6) is -0.174. The Morgan fingerprint density at radius 3 is 2.45 bits per heavy atom. The number of nitrogens with one attached hydrogen (secondary N) is 2. The quantitative estimate of drug-likeness (QED) is 0.607. The molecule has 0 aromatic heterocycles. The third-order valence-electron chi connectivity index (χ3n) is 5.29. The van der Waals surface area contributed by atoms with Gasteiger partial charge in [0.05, 0.1) is 11.2 Å². The second-order valence-electron chi connectivity index (χ2n) is 7.35. The van der Waals surface area contributed by atoms with E-state index in [0.717, 1.165) is 31.2 Å². The average molecular weight is 433 g/mol. The fraction of sp³-hybridized carbons (Fsp3) is 0.318. The minimum Gasteiger partial charge on any atom is -0.325 e. The Balaban J connectivity index is 1.73. The van der Waals surface area contributed by atoms with Crippen LogP contribution in [0.25, 0.3) is 0 Å². The highest BCUT2D eigenvalue weighted by molar-refractivity contribution is 7.88. The van der Waals surface area contributed by atoms with Gasteiger partial charge in [-0.05, 0) is 48.2 Å². The molecule has 1 aliphatic rings. The van der Waals surface area contributed by atoms with Gasteiger partial charge in [0, 0.05) is 17.3 Å². The Hall–Kier alpha value is -2.15. The molecule has 0 unspecified atom stereocenters. The smallest absolute Gasteiger partial charge is 0.235 e. The molecule has 154 valence electrons. The van der Waals surface area contributed by atoms with Crippen molar-refractivity contribution in [3.8, 4) is 0 Å². The van der Waals surface area contributed by atoms with Gasteiger partial charge in [0.25, 0.3) is 0 Å². The summed E-state index contributed by atoms with van der Waals surface area (Å²) in [5.41, 5.74) is 1.64. The monoisotopic (exact) mass is 432 g/mol. The molecule has 0 atom stereocenters. The fourth-order valence-corrected chi connectivity index (χ4v) is 5.10. The van der Waals surface area contributed by atoms with E-state index in [0.29, 0.717) is 16.3 Å². The van der Waals surface area contributed by atoms with Crippen LogP contribution in [0.3, 0.4) is 0 Å². The number of carbonyl (C=O) groups excluding carboxylic acids is 1. The standard InChI is InChI=1S/C22H25ClN2O3S/c1-2-14-24-29(27,28)16-17-8-10-20(11-9-17)25-21(26)22(12-3-4-13-22)18-6-5-7-19(23)15-18/h2,5-11,15,24H,1,3-4,12-14,16H2,(H,25,26). The Labute approximate surface area is 177 Å². The van der Waals surface area contributed by atoms with E-state index in [1.54, 1.807) is 24.3 Å². The van der Waals surface area contributed by atoms with Crippen LogP contribution in [-0.2, 0) is 26.0 Å². The molecule has 1 fully saturated rings. The van der Waals surface area contributed by atoms with Crippen LogP contribution in [0.5, 0.6) is 0 Å². The Morgan fingerprint density at radius 2 is 1.83 bits per heavy atom. The zero-order valence-corrected chi connectivity index (χ0v) is 17.7. The first-order valence-electron chi connectivity index (χ1n) is 9.59. The maximum Gasteiger partial charge on any atom is 0.235 e. The summed E-state index contributed by atoms with van der Waals surface area (Å²) in [7, 11) is -3.42. The van der Waals surface area contributed by atoms with E-state index >= 15 is 0 Å². The van der Waals surface area contributed by atoms with E-state index in [1.165, 1.54) is 6.08 Å². The van der Waals surface area contributed by atoms with E-state index in [-0.39, 0.29) is 18.2 Å². The topological polar surface area (TPSA) is 75.3 Å². The second kappa shape index (κ2) is 9.11. The summed E-state index contributed by atoms with van der Waals surface area (Å²) in [6.45, 7) is 3.70. The van der Waals surface area contributed by atoms with Crippen LogP contribution in [0.4, 0.5) is 5.69 Å². The van der Waals surface area contributed by atoms with E-state index in [4.69, 9.17) is 11.6 Å². The minimum atomic E-state index is -3.42. The fourth-order valence-electron chi connectivity index (χ4n) is 3.80. The molecule has 29 heavy (non-hydrogen) atoms. The van der Waals surface area contributed by atoms with E-state index in [2.05, 4.69) is 16.6 Å². The summed E-state index contributed by atoms with van der Waals surface area (Å²) < 4.78 is 26.4. The van der Waals surface area contributed by atoms with Crippen molar-refractivity contribution in [3.63, 3.8) is 0 Å². The normalized spacial score (nSPS) is 15.8. The molecule has 2 aromatic carbocycles. The lowest BCUT2D eigenvalue weighted by Gasteiger charge is -2.28. The van der Waals surface area contributed by atoms with Gasteiger partial charge < -0.3 is 5.32 Å². The van der Waals surface area contributed by atoms with Crippen LogP contribution in [0.15, 0.2) is 61.2 Å². The first-order valence-corrected chi connectivity index (χ1v) is 11.6. The average Bonchev–Trinajstić information content (AvgIpc) is 3.19. The summed E-state index contributed by atoms with van der Waals surface area (Å²) in [6, 6.07) is 14.4.